The Labute approximate surface area is 193 Å². The Morgan fingerprint density at radius 2 is 1.61 bits per heavy atom. The fraction of sp³-hybridized carbons (Fsp3) is 0.296. The summed E-state index contributed by atoms with van der Waals surface area (Å²) in [7, 11) is 3.16. The Morgan fingerprint density at radius 3 is 2.21 bits per heavy atom. The molecular weight excluding hydrogens is 416 g/mol. The molecule has 1 aliphatic rings. The summed E-state index contributed by atoms with van der Waals surface area (Å²) in [4.78, 5) is 26.6. The number of hydrogen-bond donors (Lipinski definition) is 0. The van der Waals surface area contributed by atoms with E-state index in [-0.39, 0.29) is 23.7 Å². The number of nitrogens with zero attached hydrogens (tertiary/aromatic N) is 2. The normalized spacial score (nSPS) is 15.0. The zero-order valence-electron chi connectivity index (χ0n) is 19.5. The van der Waals surface area contributed by atoms with Crippen LogP contribution >= 0.6 is 0 Å². The van der Waals surface area contributed by atoms with Crippen LogP contribution in [0.5, 0.6) is 11.5 Å². The number of rotatable bonds is 4. The van der Waals surface area contributed by atoms with Crippen molar-refractivity contribution in [2.75, 3.05) is 14.2 Å². The van der Waals surface area contributed by atoms with E-state index in [0.29, 0.717) is 29.2 Å². The third kappa shape index (κ3) is 3.80. The molecule has 6 nitrogen and oxygen atoms in total. The molecule has 0 saturated carbocycles. The summed E-state index contributed by atoms with van der Waals surface area (Å²) in [5.74, 6) is 0.999. The number of nitriles is 1. The molecule has 1 heterocycles. The summed E-state index contributed by atoms with van der Waals surface area (Å²) in [5.41, 5.74) is 5.28. The summed E-state index contributed by atoms with van der Waals surface area (Å²) in [6.45, 7) is 5.90. The lowest BCUT2D eigenvalue weighted by Crippen LogP contribution is -2.32. The van der Waals surface area contributed by atoms with E-state index in [1.165, 1.54) is 6.07 Å². The van der Waals surface area contributed by atoms with Crippen LogP contribution in [0.1, 0.15) is 56.2 Å². The number of aromatic nitrogens is 1. The highest BCUT2D eigenvalue weighted by atomic mass is 16.5. The van der Waals surface area contributed by atoms with E-state index < -0.39 is 5.56 Å². The van der Waals surface area contributed by atoms with Crippen LogP contribution in [-0.2, 0) is 6.42 Å². The molecule has 0 N–H and O–H groups in total. The number of pyridine rings is 1. The lowest BCUT2D eigenvalue weighted by molar-refractivity contribution is 0.0962. The number of Topliss-reactive ketones (excluding diaryl/α,β-unsaturated/α-hetero) is 1. The summed E-state index contributed by atoms with van der Waals surface area (Å²) in [6, 6.07) is 13.1. The largest absolute Gasteiger partial charge is 0.493 e. The average Bonchev–Trinajstić information content (AvgIpc) is 2.79. The molecule has 0 spiro atoms. The van der Waals surface area contributed by atoms with E-state index in [0.717, 1.165) is 27.9 Å². The molecule has 33 heavy (non-hydrogen) atoms. The number of fused-ring (bicyclic) bond motifs is 1. The number of carbonyl (C=O) groups excluding carboxylic acids is 1. The van der Waals surface area contributed by atoms with Gasteiger partial charge >= 0.3 is 0 Å². The quantitative estimate of drug-likeness (QED) is 0.591. The van der Waals surface area contributed by atoms with E-state index in [1.54, 1.807) is 18.8 Å². The third-order valence-electron chi connectivity index (χ3n) is 6.33. The number of methoxy groups -OCH3 is 2. The highest BCUT2D eigenvalue weighted by Gasteiger charge is 2.31. The fourth-order valence-corrected chi connectivity index (χ4v) is 4.92. The van der Waals surface area contributed by atoms with Gasteiger partial charge in [0.15, 0.2) is 17.3 Å². The van der Waals surface area contributed by atoms with Gasteiger partial charge in [0, 0.05) is 17.7 Å². The molecule has 0 radical (unpaired) electrons. The van der Waals surface area contributed by atoms with Gasteiger partial charge in [0.25, 0.3) is 5.56 Å². The van der Waals surface area contributed by atoms with Gasteiger partial charge in [-0.15, -0.1) is 0 Å². The van der Waals surface area contributed by atoms with Crippen molar-refractivity contribution in [2.24, 2.45) is 0 Å². The van der Waals surface area contributed by atoms with Gasteiger partial charge in [-0.1, -0.05) is 23.8 Å². The van der Waals surface area contributed by atoms with E-state index in [9.17, 15) is 14.9 Å². The van der Waals surface area contributed by atoms with Crippen LogP contribution in [-0.4, -0.2) is 24.6 Å². The van der Waals surface area contributed by atoms with Crippen molar-refractivity contribution < 1.29 is 14.3 Å². The van der Waals surface area contributed by atoms with E-state index in [2.05, 4.69) is 0 Å². The van der Waals surface area contributed by atoms with Gasteiger partial charge in [0.2, 0.25) is 0 Å². The van der Waals surface area contributed by atoms with Crippen LogP contribution in [0, 0.1) is 32.1 Å². The SMILES string of the molecule is COc1ccc([C@H]2CC(=O)c3cc(C#N)c(=O)n(-c4c(C)cc(C)cc4C)c3C2)cc1OC. The summed E-state index contributed by atoms with van der Waals surface area (Å²) < 4.78 is 12.4. The molecule has 168 valence electrons. The monoisotopic (exact) mass is 442 g/mol. The Balaban J connectivity index is 1.94. The Hall–Kier alpha value is -3.85. The molecule has 1 aromatic heterocycles. The Morgan fingerprint density at radius 1 is 0.939 bits per heavy atom. The average molecular weight is 443 g/mol. The topological polar surface area (TPSA) is 81.3 Å². The molecule has 0 aliphatic heterocycles. The number of aryl methyl sites for hydroxylation is 3. The zero-order valence-corrected chi connectivity index (χ0v) is 19.5. The molecule has 0 unspecified atom stereocenters. The summed E-state index contributed by atoms with van der Waals surface area (Å²) in [5, 5.41) is 9.60. The van der Waals surface area contributed by atoms with Crippen molar-refractivity contribution in [1.29, 1.82) is 5.26 Å². The molecule has 0 saturated heterocycles. The van der Waals surface area contributed by atoms with Gasteiger partial charge in [-0.3, -0.25) is 14.2 Å². The number of benzene rings is 2. The van der Waals surface area contributed by atoms with Gasteiger partial charge in [-0.2, -0.15) is 5.26 Å². The minimum absolute atomic E-state index is 0.0222. The van der Waals surface area contributed by atoms with Crippen LogP contribution in [0.4, 0.5) is 0 Å². The van der Waals surface area contributed by atoms with Crippen molar-refractivity contribution in [3.63, 3.8) is 0 Å². The second kappa shape index (κ2) is 8.59. The lowest BCUT2D eigenvalue weighted by Gasteiger charge is -2.28. The minimum Gasteiger partial charge on any atom is -0.493 e. The van der Waals surface area contributed by atoms with Crippen LogP contribution < -0.4 is 15.0 Å². The van der Waals surface area contributed by atoms with Crippen LogP contribution in [0.25, 0.3) is 5.69 Å². The Kier molecular flexibility index (Phi) is 5.82. The van der Waals surface area contributed by atoms with Crippen LogP contribution in [0.2, 0.25) is 0 Å². The Bertz CT molecular complexity index is 1360. The maximum Gasteiger partial charge on any atom is 0.273 e. The van der Waals surface area contributed by atoms with E-state index >= 15 is 0 Å². The molecule has 0 bridgehead atoms. The maximum absolute atomic E-state index is 13.4. The summed E-state index contributed by atoms with van der Waals surface area (Å²) in [6.07, 6.45) is 0.779. The van der Waals surface area contributed by atoms with Crippen LogP contribution in [0.3, 0.4) is 0 Å². The van der Waals surface area contributed by atoms with Crippen molar-refractivity contribution in [2.45, 2.75) is 39.5 Å². The van der Waals surface area contributed by atoms with Gasteiger partial charge < -0.3 is 9.47 Å². The van der Waals surface area contributed by atoms with Crippen molar-refractivity contribution in [1.82, 2.24) is 4.57 Å². The third-order valence-corrected chi connectivity index (χ3v) is 6.33. The predicted molar refractivity (Wildman–Crippen MR) is 126 cm³/mol. The highest BCUT2D eigenvalue weighted by molar-refractivity contribution is 5.99. The standard InChI is InChI=1S/C27H26N2O4/c1-15-8-16(2)26(17(3)9-15)29-22-11-19(18-6-7-24(32-4)25(13-18)33-5)12-23(30)21(22)10-20(14-28)27(29)31/h6-10,13,19H,11-12H2,1-5H3/t19-/m1/s1. The molecule has 0 amide bonds. The number of ether oxygens (including phenoxy) is 2. The smallest absolute Gasteiger partial charge is 0.273 e. The van der Waals surface area contributed by atoms with Gasteiger partial charge in [0.1, 0.15) is 11.6 Å². The van der Waals surface area contributed by atoms with Crippen molar-refractivity contribution in [3.8, 4) is 23.3 Å². The maximum atomic E-state index is 13.4. The van der Waals surface area contributed by atoms with Crippen molar-refractivity contribution >= 4 is 5.78 Å². The molecular formula is C27H26N2O4. The molecule has 3 aromatic rings. The second-order valence-electron chi connectivity index (χ2n) is 8.56. The molecule has 1 atom stereocenters. The molecule has 4 rings (SSSR count). The first-order chi connectivity index (χ1) is 15.8. The first-order valence-electron chi connectivity index (χ1n) is 10.8. The zero-order chi connectivity index (χ0) is 23.9. The first kappa shape index (κ1) is 22.3. The minimum atomic E-state index is -0.396. The molecule has 2 aromatic carbocycles. The van der Waals surface area contributed by atoms with E-state index in [4.69, 9.17) is 9.47 Å². The van der Waals surface area contributed by atoms with Gasteiger partial charge in [-0.25, -0.2) is 0 Å². The van der Waals surface area contributed by atoms with Crippen molar-refractivity contribution in [3.05, 3.63) is 85.8 Å². The molecule has 6 heteroatoms. The highest BCUT2D eigenvalue weighted by Crippen LogP contribution is 2.38. The number of ketones is 1. The van der Waals surface area contributed by atoms with E-state index in [1.807, 2.05) is 57.2 Å². The predicted octanol–water partition coefficient (Wildman–Crippen LogP) is 4.56. The lowest BCUT2D eigenvalue weighted by atomic mass is 9.80. The van der Waals surface area contributed by atoms with Gasteiger partial charge in [-0.05, 0) is 68.0 Å². The molecule has 0 fully saturated rings. The second-order valence-corrected chi connectivity index (χ2v) is 8.56. The van der Waals surface area contributed by atoms with Gasteiger partial charge in [0.05, 0.1) is 19.9 Å². The number of carbonyl (C=O) groups is 1. The summed E-state index contributed by atoms with van der Waals surface area (Å²) >= 11 is 0. The fourth-order valence-electron chi connectivity index (χ4n) is 4.92. The number of hydrogen-bond acceptors (Lipinski definition) is 5. The first-order valence-corrected chi connectivity index (χ1v) is 10.8. The van der Waals surface area contributed by atoms with Crippen LogP contribution in [0.15, 0.2) is 41.2 Å². The molecule has 1 aliphatic carbocycles.